The Hall–Kier alpha value is -0.930. The van der Waals surface area contributed by atoms with E-state index >= 15 is 0 Å². The van der Waals surface area contributed by atoms with Gasteiger partial charge < -0.3 is 4.90 Å². The van der Waals surface area contributed by atoms with Crippen molar-refractivity contribution in [1.29, 1.82) is 0 Å². The summed E-state index contributed by atoms with van der Waals surface area (Å²) in [5.74, 6) is 0. The monoisotopic (exact) mass is 221 g/mol. The van der Waals surface area contributed by atoms with Crippen LogP contribution >= 0.6 is 0 Å². The molecule has 0 fully saturated rings. The lowest BCUT2D eigenvalue weighted by Crippen LogP contribution is -2.28. The Balaban J connectivity index is 0.000000423. The molecule has 0 aliphatic carbocycles. The zero-order valence-electron chi connectivity index (χ0n) is 9.17. The fourth-order valence-electron chi connectivity index (χ4n) is 1.25. The van der Waals surface area contributed by atoms with Crippen molar-refractivity contribution in [3.63, 3.8) is 0 Å². The molecular formula is C11H18F3N. The lowest BCUT2D eigenvalue weighted by atomic mass is 10.2. The van der Waals surface area contributed by atoms with Crippen LogP contribution in [0.15, 0.2) is 24.4 Å². The zero-order chi connectivity index (χ0) is 11.7. The van der Waals surface area contributed by atoms with E-state index in [4.69, 9.17) is 0 Å². The lowest BCUT2D eigenvalue weighted by molar-refractivity contribution is 0.00819. The van der Waals surface area contributed by atoms with Gasteiger partial charge in [0.05, 0.1) is 0 Å². The van der Waals surface area contributed by atoms with Crippen molar-refractivity contribution in [3.8, 4) is 0 Å². The maximum absolute atomic E-state index is 9.67. The lowest BCUT2D eigenvalue weighted by Gasteiger charge is -2.27. The fourth-order valence-corrected chi connectivity index (χ4v) is 1.25. The van der Waals surface area contributed by atoms with Crippen LogP contribution in [0.5, 0.6) is 0 Å². The minimum Gasteiger partial charge on any atom is -0.371 e. The summed E-state index contributed by atoms with van der Waals surface area (Å²) in [6, 6.07) is 0.589. The van der Waals surface area contributed by atoms with Crippen LogP contribution in [0.2, 0.25) is 0 Å². The molecule has 0 saturated heterocycles. The van der Waals surface area contributed by atoms with Crippen molar-refractivity contribution in [2.45, 2.75) is 39.4 Å². The van der Waals surface area contributed by atoms with Gasteiger partial charge in [0.2, 0.25) is 0 Å². The maximum atomic E-state index is 9.67. The van der Waals surface area contributed by atoms with Gasteiger partial charge in [0.1, 0.15) is 0 Å². The molecule has 1 aliphatic heterocycles. The second-order valence-corrected chi connectivity index (χ2v) is 3.31. The molecule has 0 spiro atoms. The van der Waals surface area contributed by atoms with Gasteiger partial charge >= 0.3 is 6.68 Å². The SMILES string of the molecule is CCCCN1C=CC=CC1C.FC(F)F. The molecule has 0 N–H and O–H groups in total. The molecule has 0 radical (unpaired) electrons. The molecule has 1 nitrogen and oxygen atoms in total. The number of rotatable bonds is 3. The summed E-state index contributed by atoms with van der Waals surface area (Å²) in [5, 5.41) is 0. The molecule has 0 saturated carbocycles. The third kappa shape index (κ3) is 8.09. The molecule has 1 heterocycles. The molecule has 88 valence electrons. The molecule has 1 aliphatic rings. The first-order valence-corrected chi connectivity index (χ1v) is 5.11. The molecule has 0 aromatic carbocycles. The number of hydrogen-bond acceptors (Lipinski definition) is 1. The summed E-state index contributed by atoms with van der Waals surface area (Å²) in [7, 11) is 0. The Bertz CT molecular complexity index is 199. The van der Waals surface area contributed by atoms with E-state index in [-0.39, 0.29) is 0 Å². The predicted octanol–water partition coefficient (Wildman–Crippen LogP) is 3.74. The second kappa shape index (κ2) is 8.38. The highest BCUT2D eigenvalue weighted by Crippen LogP contribution is 2.08. The van der Waals surface area contributed by atoms with E-state index in [9.17, 15) is 13.2 Å². The molecule has 0 aromatic rings. The Labute approximate surface area is 89.3 Å². The molecule has 0 amide bonds. The molecule has 1 unspecified atom stereocenters. The van der Waals surface area contributed by atoms with Gasteiger partial charge in [-0.2, -0.15) is 13.2 Å². The minimum atomic E-state index is -3.67. The summed E-state index contributed by atoms with van der Waals surface area (Å²) in [5.41, 5.74) is 0. The summed E-state index contributed by atoms with van der Waals surface area (Å²) in [6.45, 7) is 1.99. The van der Waals surface area contributed by atoms with Gasteiger partial charge in [-0.25, -0.2) is 0 Å². The van der Waals surface area contributed by atoms with Gasteiger partial charge in [-0.15, -0.1) is 0 Å². The van der Waals surface area contributed by atoms with E-state index in [1.807, 2.05) is 0 Å². The minimum absolute atomic E-state index is 0.589. The van der Waals surface area contributed by atoms with Crippen LogP contribution in [-0.4, -0.2) is 24.2 Å². The van der Waals surface area contributed by atoms with Gasteiger partial charge in [0.15, 0.2) is 0 Å². The first-order valence-electron chi connectivity index (χ1n) is 5.11. The number of nitrogens with zero attached hydrogens (tertiary/aromatic N) is 1. The van der Waals surface area contributed by atoms with Crippen molar-refractivity contribution >= 4 is 0 Å². The van der Waals surface area contributed by atoms with Crippen LogP contribution in [0.4, 0.5) is 13.2 Å². The van der Waals surface area contributed by atoms with Crippen LogP contribution in [0.25, 0.3) is 0 Å². The smallest absolute Gasteiger partial charge is 0.371 e. The van der Waals surface area contributed by atoms with E-state index in [2.05, 4.69) is 43.2 Å². The van der Waals surface area contributed by atoms with Crippen LogP contribution in [0, 0.1) is 0 Å². The molecule has 15 heavy (non-hydrogen) atoms. The van der Waals surface area contributed by atoms with Crippen molar-refractivity contribution in [3.05, 3.63) is 24.4 Å². The van der Waals surface area contributed by atoms with Crippen molar-refractivity contribution < 1.29 is 13.2 Å². The van der Waals surface area contributed by atoms with Crippen molar-refractivity contribution in [2.24, 2.45) is 0 Å². The van der Waals surface area contributed by atoms with Crippen molar-refractivity contribution in [2.75, 3.05) is 6.54 Å². The van der Waals surface area contributed by atoms with Crippen LogP contribution < -0.4 is 0 Å². The topological polar surface area (TPSA) is 3.24 Å². The Kier molecular flexibility index (Phi) is 7.86. The Morgan fingerprint density at radius 2 is 1.87 bits per heavy atom. The second-order valence-electron chi connectivity index (χ2n) is 3.31. The predicted molar refractivity (Wildman–Crippen MR) is 56.5 cm³/mol. The average Bonchev–Trinajstić information content (AvgIpc) is 2.16. The first kappa shape index (κ1) is 14.1. The highest BCUT2D eigenvalue weighted by molar-refractivity contribution is 5.11. The largest absolute Gasteiger partial charge is 0.379 e. The third-order valence-electron chi connectivity index (χ3n) is 2.07. The molecule has 1 rings (SSSR count). The van der Waals surface area contributed by atoms with Crippen LogP contribution in [0.3, 0.4) is 0 Å². The summed E-state index contributed by atoms with van der Waals surface area (Å²) >= 11 is 0. The Morgan fingerprint density at radius 3 is 2.33 bits per heavy atom. The maximum Gasteiger partial charge on any atom is 0.379 e. The number of allylic oxidation sites excluding steroid dienone is 2. The molecule has 1 atom stereocenters. The number of unbranched alkanes of at least 4 members (excludes halogenated alkanes) is 1. The van der Waals surface area contributed by atoms with Crippen LogP contribution in [0.1, 0.15) is 26.7 Å². The van der Waals surface area contributed by atoms with Gasteiger partial charge in [-0.05, 0) is 25.6 Å². The molecule has 4 heteroatoms. The fraction of sp³-hybridized carbons (Fsp3) is 0.636. The van der Waals surface area contributed by atoms with Gasteiger partial charge in [0.25, 0.3) is 0 Å². The quantitative estimate of drug-likeness (QED) is 0.701. The highest BCUT2D eigenvalue weighted by atomic mass is 19.4. The zero-order valence-corrected chi connectivity index (χ0v) is 9.17. The van der Waals surface area contributed by atoms with E-state index in [1.54, 1.807) is 0 Å². The van der Waals surface area contributed by atoms with E-state index < -0.39 is 6.68 Å². The molecular weight excluding hydrogens is 203 g/mol. The van der Waals surface area contributed by atoms with E-state index in [0.29, 0.717) is 6.04 Å². The number of halogens is 3. The normalized spacial score (nSPS) is 19.1. The van der Waals surface area contributed by atoms with E-state index in [1.165, 1.54) is 19.4 Å². The third-order valence-corrected chi connectivity index (χ3v) is 2.07. The number of alkyl halides is 3. The molecule has 0 bridgehead atoms. The standard InChI is InChI=1S/C10H17N.CHF3/c1-3-4-8-11-9-6-5-7-10(11)2;2-1(3)4/h5-7,9-10H,3-4,8H2,1-2H3;1H. The van der Waals surface area contributed by atoms with Crippen molar-refractivity contribution in [1.82, 2.24) is 4.90 Å². The summed E-state index contributed by atoms with van der Waals surface area (Å²) < 4.78 is 29.0. The highest BCUT2D eigenvalue weighted by Gasteiger charge is 2.06. The van der Waals surface area contributed by atoms with Gasteiger partial charge in [-0.3, -0.25) is 0 Å². The Morgan fingerprint density at radius 1 is 1.27 bits per heavy atom. The average molecular weight is 221 g/mol. The van der Waals surface area contributed by atoms with Crippen LogP contribution in [-0.2, 0) is 0 Å². The summed E-state index contributed by atoms with van der Waals surface area (Å²) in [6.07, 6.45) is 11.2. The number of hydrogen-bond donors (Lipinski definition) is 0. The van der Waals surface area contributed by atoms with E-state index in [0.717, 1.165) is 0 Å². The van der Waals surface area contributed by atoms with Gasteiger partial charge in [-0.1, -0.05) is 25.5 Å². The molecule has 0 aromatic heterocycles. The van der Waals surface area contributed by atoms with Gasteiger partial charge in [0, 0.05) is 12.6 Å². The summed E-state index contributed by atoms with van der Waals surface area (Å²) in [4.78, 5) is 2.38. The first-order chi connectivity index (χ1) is 7.07.